The molecule has 0 unspecified atom stereocenters. The molecule has 3 rings (SSSR count). The molecular weight excluding hydrogens is 386 g/mol. The summed E-state index contributed by atoms with van der Waals surface area (Å²) in [6.45, 7) is 17.0. The summed E-state index contributed by atoms with van der Waals surface area (Å²) in [5.41, 5.74) is 1.10. The molecule has 0 radical (unpaired) electrons. The number of hydrogen-bond donors (Lipinski definition) is 1. The third-order valence-corrected chi connectivity index (χ3v) is 6.81. The molecule has 2 fully saturated rings. The van der Waals surface area contributed by atoms with E-state index in [1.165, 1.54) is 0 Å². The first-order valence-electron chi connectivity index (χ1n) is 11.0. The van der Waals surface area contributed by atoms with Crippen LogP contribution in [-0.2, 0) is 0 Å². The number of piperazine rings is 1. The van der Waals surface area contributed by atoms with Crippen molar-refractivity contribution < 1.29 is 4.79 Å². The van der Waals surface area contributed by atoms with E-state index >= 15 is 0 Å². The molecular formula is C22H36ClN5O. The van der Waals surface area contributed by atoms with Crippen LogP contribution in [0.4, 0.5) is 0 Å². The first-order valence-corrected chi connectivity index (χ1v) is 11.3. The van der Waals surface area contributed by atoms with Crippen LogP contribution >= 0.6 is 11.6 Å². The highest BCUT2D eigenvalue weighted by molar-refractivity contribution is 6.30. The van der Waals surface area contributed by atoms with Crippen LogP contribution in [0.2, 0.25) is 5.02 Å². The predicted molar refractivity (Wildman–Crippen MR) is 119 cm³/mol. The molecule has 29 heavy (non-hydrogen) atoms. The summed E-state index contributed by atoms with van der Waals surface area (Å²) in [7, 11) is 0. The quantitative estimate of drug-likeness (QED) is 0.765. The van der Waals surface area contributed by atoms with Crippen LogP contribution < -0.4 is 5.32 Å². The van der Waals surface area contributed by atoms with Gasteiger partial charge < -0.3 is 15.1 Å². The van der Waals surface area contributed by atoms with Gasteiger partial charge in [0, 0.05) is 58.1 Å². The van der Waals surface area contributed by atoms with Gasteiger partial charge in [-0.1, -0.05) is 18.5 Å². The maximum Gasteiger partial charge on any atom is 0.253 e. The van der Waals surface area contributed by atoms with E-state index in [1.807, 2.05) is 6.92 Å². The van der Waals surface area contributed by atoms with Crippen molar-refractivity contribution in [2.45, 2.75) is 52.1 Å². The number of nitrogens with zero attached hydrogens (tertiary/aromatic N) is 4. The van der Waals surface area contributed by atoms with E-state index in [-0.39, 0.29) is 11.4 Å². The maximum absolute atomic E-state index is 13.2. The van der Waals surface area contributed by atoms with Crippen LogP contribution in [0.1, 0.15) is 49.7 Å². The first-order chi connectivity index (χ1) is 13.8. The van der Waals surface area contributed by atoms with E-state index in [9.17, 15) is 4.79 Å². The van der Waals surface area contributed by atoms with Crippen molar-refractivity contribution in [2.75, 3.05) is 52.4 Å². The van der Waals surface area contributed by atoms with Gasteiger partial charge in [-0.3, -0.25) is 14.7 Å². The average molecular weight is 422 g/mol. The minimum absolute atomic E-state index is 0.0531. The molecule has 0 saturated carbocycles. The smallest absolute Gasteiger partial charge is 0.253 e. The van der Waals surface area contributed by atoms with Gasteiger partial charge in [0.25, 0.3) is 5.91 Å². The molecule has 0 aliphatic carbocycles. The van der Waals surface area contributed by atoms with Crippen LogP contribution in [0.25, 0.3) is 0 Å². The predicted octanol–water partition coefficient (Wildman–Crippen LogP) is 2.65. The fraction of sp³-hybridized carbons (Fsp3) is 0.727. The Balaban J connectivity index is 1.74. The molecule has 1 amide bonds. The number of rotatable bonds is 6. The van der Waals surface area contributed by atoms with Crippen molar-refractivity contribution in [3.63, 3.8) is 0 Å². The number of carbonyl (C=O) groups is 1. The molecule has 7 heteroatoms. The van der Waals surface area contributed by atoms with Crippen molar-refractivity contribution in [1.82, 2.24) is 25.0 Å². The average Bonchev–Trinajstić information content (AvgIpc) is 2.70. The summed E-state index contributed by atoms with van der Waals surface area (Å²) in [4.78, 5) is 25.0. The number of halogens is 1. The highest BCUT2D eigenvalue weighted by Crippen LogP contribution is 2.26. The van der Waals surface area contributed by atoms with Gasteiger partial charge in [-0.15, -0.1) is 0 Å². The van der Waals surface area contributed by atoms with E-state index in [0.29, 0.717) is 16.6 Å². The third-order valence-electron chi connectivity index (χ3n) is 6.60. The zero-order valence-corrected chi connectivity index (χ0v) is 19.1. The van der Waals surface area contributed by atoms with Gasteiger partial charge in [-0.25, -0.2) is 0 Å². The summed E-state index contributed by atoms with van der Waals surface area (Å²) in [5, 5.41) is 3.93. The van der Waals surface area contributed by atoms with E-state index in [2.05, 4.69) is 45.8 Å². The summed E-state index contributed by atoms with van der Waals surface area (Å²) in [5.74, 6) is -0.0531. The Labute approximate surface area is 180 Å². The Morgan fingerprint density at radius 2 is 1.79 bits per heavy atom. The number of amides is 1. The van der Waals surface area contributed by atoms with Gasteiger partial charge in [0.15, 0.2) is 0 Å². The molecule has 1 N–H and O–H groups in total. The van der Waals surface area contributed by atoms with Crippen molar-refractivity contribution >= 4 is 17.5 Å². The number of piperidine rings is 1. The van der Waals surface area contributed by atoms with E-state index in [1.54, 1.807) is 12.3 Å². The molecule has 2 aliphatic rings. The van der Waals surface area contributed by atoms with Gasteiger partial charge in [0.2, 0.25) is 0 Å². The topological polar surface area (TPSA) is 51.7 Å². The minimum Gasteiger partial charge on any atom is -0.345 e. The summed E-state index contributed by atoms with van der Waals surface area (Å²) in [6, 6.07) is 2.27. The van der Waals surface area contributed by atoms with Gasteiger partial charge in [-0.2, -0.15) is 0 Å². The number of aryl methyl sites for hydroxylation is 1. The molecule has 0 bridgehead atoms. The SMILES string of the molecule is CCN1CCN(CC2(NC(=O)c3cc(Cl)cnc3C)CCN(C(C)C)CC2)CC1. The largest absolute Gasteiger partial charge is 0.345 e. The van der Waals surface area contributed by atoms with Crippen LogP contribution in [0.3, 0.4) is 0 Å². The van der Waals surface area contributed by atoms with Crippen LogP contribution in [0.15, 0.2) is 12.3 Å². The van der Waals surface area contributed by atoms with Gasteiger partial charge in [-0.05, 0) is 46.2 Å². The molecule has 1 aromatic rings. The molecule has 1 aromatic heterocycles. The van der Waals surface area contributed by atoms with E-state index in [0.717, 1.165) is 70.9 Å². The zero-order chi connectivity index (χ0) is 21.0. The van der Waals surface area contributed by atoms with Gasteiger partial charge in [0.1, 0.15) is 0 Å². The van der Waals surface area contributed by atoms with Gasteiger partial charge >= 0.3 is 0 Å². The second kappa shape index (κ2) is 9.73. The number of likely N-dealkylation sites (N-methyl/N-ethyl adjacent to an activating group) is 1. The Morgan fingerprint density at radius 3 is 2.38 bits per heavy atom. The lowest BCUT2D eigenvalue weighted by atomic mass is 9.85. The standard InChI is InChI=1S/C22H36ClN5O/c1-5-26-10-12-27(13-11-26)16-22(6-8-28(9-7-22)17(2)3)25-21(29)20-14-19(23)15-24-18(20)4/h14-15,17H,5-13,16H2,1-4H3,(H,25,29). The van der Waals surface area contributed by atoms with Crippen LogP contribution in [0.5, 0.6) is 0 Å². The van der Waals surface area contributed by atoms with Crippen LogP contribution in [0, 0.1) is 6.92 Å². The second-order valence-corrected chi connectivity index (χ2v) is 9.30. The molecule has 3 heterocycles. The fourth-order valence-corrected chi connectivity index (χ4v) is 4.69. The third kappa shape index (κ3) is 5.69. The number of nitrogens with one attached hydrogen (secondary N) is 1. The molecule has 162 valence electrons. The summed E-state index contributed by atoms with van der Waals surface area (Å²) in [6.07, 6.45) is 3.54. The van der Waals surface area contributed by atoms with Crippen molar-refractivity contribution in [3.8, 4) is 0 Å². The van der Waals surface area contributed by atoms with Gasteiger partial charge in [0.05, 0.1) is 21.8 Å². The number of aromatic nitrogens is 1. The number of pyridine rings is 1. The highest BCUT2D eigenvalue weighted by atomic mass is 35.5. The lowest BCUT2D eigenvalue weighted by Gasteiger charge is -2.47. The number of hydrogen-bond acceptors (Lipinski definition) is 5. The van der Waals surface area contributed by atoms with E-state index < -0.39 is 0 Å². The van der Waals surface area contributed by atoms with E-state index in [4.69, 9.17) is 11.6 Å². The summed E-state index contributed by atoms with van der Waals surface area (Å²) >= 11 is 6.11. The molecule has 2 aliphatic heterocycles. The molecule has 2 saturated heterocycles. The number of carbonyl (C=O) groups excluding carboxylic acids is 1. The Morgan fingerprint density at radius 1 is 1.17 bits per heavy atom. The van der Waals surface area contributed by atoms with Crippen molar-refractivity contribution in [1.29, 1.82) is 0 Å². The fourth-order valence-electron chi connectivity index (χ4n) is 4.53. The second-order valence-electron chi connectivity index (χ2n) is 8.86. The number of likely N-dealkylation sites (tertiary alicyclic amines) is 1. The molecule has 0 spiro atoms. The summed E-state index contributed by atoms with van der Waals surface area (Å²) < 4.78 is 0. The first kappa shape index (κ1) is 22.5. The Bertz CT molecular complexity index is 694. The lowest BCUT2D eigenvalue weighted by molar-refractivity contribution is 0.0503. The highest BCUT2D eigenvalue weighted by Gasteiger charge is 2.39. The molecule has 0 atom stereocenters. The lowest BCUT2D eigenvalue weighted by Crippen LogP contribution is -2.62. The minimum atomic E-state index is -0.203. The van der Waals surface area contributed by atoms with Crippen LogP contribution in [-0.4, -0.2) is 89.5 Å². The zero-order valence-electron chi connectivity index (χ0n) is 18.4. The normalized spacial score (nSPS) is 21.4. The van der Waals surface area contributed by atoms with Crippen molar-refractivity contribution in [3.05, 3.63) is 28.5 Å². The van der Waals surface area contributed by atoms with Crippen molar-refractivity contribution in [2.24, 2.45) is 0 Å². The molecule has 6 nitrogen and oxygen atoms in total. The Hall–Kier alpha value is -1.21. The maximum atomic E-state index is 13.2. The Kier molecular flexibility index (Phi) is 7.54. The molecule has 0 aromatic carbocycles. The monoisotopic (exact) mass is 421 g/mol.